The fraction of sp³-hybridized carbons (Fsp3) is 0. The number of benzene rings is 9. The molecule has 11 rings (SSSR count). The van der Waals surface area contributed by atoms with Crippen molar-refractivity contribution in [2.24, 2.45) is 0 Å². The Labute approximate surface area is 340 Å². The highest BCUT2D eigenvalue weighted by molar-refractivity contribution is 7.26. The van der Waals surface area contributed by atoms with E-state index in [9.17, 15) is 0 Å². The van der Waals surface area contributed by atoms with Gasteiger partial charge in [0.15, 0.2) is 0 Å². The van der Waals surface area contributed by atoms with Crippen molar-refractivity contribution < 1.29 is 0 Å². The number of nitrogens with zero attached hydrogens (tertiary/aromatic N) is 1. The predicted molar refractivity (Wildman–Crippen MR) is 249 cm³/mol. The van der Waals surface area contributed by atoms with Crippen molar-refractivity contribution in [1.82, 2.24) is 0 Å². The molecule has 11 aromatic rings. The van der Waals surface area contributed by atoms with E-state index in [1.54, 1.807) is 0 Å². The molecule has 3 heteroatoms. The van der Waals surface area contributed by atoms with Gasteiger partial charge in [0.25, 0.3) is 0 Å². The third kappa shape index (κ3) is 6.09. The van der Waals surface area contributed by atoms with Crippen molar-refractivity contribution in [3.05, 3.63) is 212 Å². The van der Waals surface area contributed by atoms with Gasteiger partial charge < -0.3 is 4.90 Å². The lowest BCUT2D eigenvalue weighted by Gasteiger charge is -2.27. The van der Waals surface area contributed by atoms with Crippen molar-refractivity contribution in [2.75, 3.05) is 4.90 Å². The van der Waals surface area contributed by atoms with E-state index < -0.39 is 0 Å². The molecule has 0 N–H and O–H groups in total. The average molecular weight is 762 g/mol. The van der Waals surface area contributed by atoms with E-state index >= 15 is 0 Å². The van der Waals surface area contributed by atoms with E-state index in [4.69, 9.17) is 0 Å². The SMILES string of the molecule is c1ccc(-c2ccc(-c3ccc(N(c4cc(-c5ccccc5)cc(-c5ccc6c(c5)sc5ccccc56)c4)c4cccc5c4sc4ccccc45)cc3)cc2)cc1. The highest BCUT2D eigenvalue weighted by atomic mass is 32.1. The van der Waals surface area contributed by atoms with Gasteiger partial charge in [0, 0.05) is 47.0 Å². The first kappa shape index (κ1) is 33.5. The molecule has 2 aromatic heterocycles. The summed E-state index contributed by atoms with van der Waals surface area (Å²) in [5.74, 6) is 0. The summed E-state index contributed by atoms with van der Waals surface area (Å²) in [4.78, 5) is 2.47. The molecule has 268 valence electrons. The highest BCUT2D eigenvalue weighted by Crippen LogP contribution is 2.47. The number of fused-ring (bicyclic) bond motifs is 6. The average Bonchev–Trinajstić information content (AvgIpc) is 3.86. The molecule has 0 aliphatic heterocycles. The highest BCUT2D eigenvalue weighted by Gasteiger charge is 2.20. The summed E-state index contributed by atoms with van der Waals surface area (Å²) in [6.07, 6.45) is 0. The molecule has 0 aliphatic carbocycles. The first-order valence-corrected chi connectivity index (χ1v) is 21.0. The van der Waals surface area contributed by atoms with Crippen molar-refractivity contribution in [2.45, 2.75) is 0 Å². The van der Waals surface area contributed by atoms with Crippen LogP contribution in [-0.2, 0) is 0 Å². The van der Waals surface area contributed by atoms with E-state index in [2.05, 4.69) is 217 Å². The molecule has 0 aliphatic rings. The largest absolute Gasteiger partial charge is 0.309 e. The molecule has 0 saturated carbocycles. The smallest absolute Gasteiger partial charge is 0.0640 e. The summed E-state index contributed by atoms with van der Waals surface area (Å²) in [5, 5.41) is 5.21. The molecule has 0 unspecified atom stereocenters. The fourth-order valence-corrected chi connectivity index (χ4v) is 10.6. The van der Waals surface area contributed by atoms with Gasteiger partial charge in [0.2, 0.25) is 0 Å². The quantitative estimate of drug-likeness (QED) is 0.156. The third-order valence-electron chi connectivity index (χ3n) is 11.1. The number of hydrogen-bond donors (Lipinski definition) is 0. The van der Waals surface area contributed by atoms with Crippen LogP contribution in [0.3, 0.4) is 0 Å². The standard InChI is InChI=1S/C54H35NS2/c1-3-12-36(13-4-1)38-22-24-39(25-23-38)40-26-29-44(30-27-40)55(50-19-11-18-49-47-17-8-10-21-52(47)57-54(49)50)45-33-42(37-14-5-2-6-15-37)32-43(34-45)41-28-31-48-46-16-7-9-20-51(46)56-53(48)35-41/h1-35H. The zero-order chi connectivity index (χ0) is 37.7. The zero-order valence-corrected chi connectivity index (χ0v) is 32.6. The fourth-order valence-electron chi connectivity index (χ4n) is 8.23. The first-order chi connectivity index (χ1) is 28.2. The summed E-state index contributed by atoms with van der Waals surface area (Å²) in [6, 6.07) is 77.7. The van der Waals surface area contributed by atoms with Crippen molar-refractivity contribution >= 4 is 80.1 Å². The molecule has 0 atom stereocenters. The molecule has 0 amide bonds. The third-order valence-corrected chi connectivity index (χ3v) is 13.4. The Balaban J connectivity index is 1.09. The van der Waals surface area contributed by atoms with Crippen molar-refractivity contribution in [1.29, 1.82) is 0 Å². The van der Waals surface area contributed by atoms with Crippen LogP contribution in [0.4, 0.5) is 17.1 Å². The van der Waals surface area contributed by atoms with Crippen LogP contribution in [0.2, 0.25) is 0 Å². The number of anilines is 3. The molecule has 0 bridgehead atoms. The van der Waals surface area contributed by atoms with Gasteiger partial charge in [0.1, 0.15) is 0 Å². The first-order valence-electron chi connectivity index (χ1n) is 19.3. The Morgan fingerprint density at radius 1 is 0.263 bits per heavy atom. The number of thiophene rings is 2. The van der Waals surface area contributed by atoms with Gasteiger partial charge in [0.05, 0.1) is 10.4 Å². The Morgan fingerprint density at radius 2 is 0.737 bits per heavy atom. The molecule has 0 radical (unpaired) electrons. The van der Waals surface area contributed by atoms with Gasteiger partial charge in [-0.05, 0) is 99.1 Å². The van der Waals surface area contributed by atoms with Crippen LogP contribution >= 0.6 is 22.7 Å². The Bertz CT molecular complexity index is 3210. The van der Waals surface area contributed by atoms with Crippen LogP contribution in [0.5, 0.6) is 0 Å². The normalized spacial score (nSPS) is 11.5. The zero-order valence-electron chi connectivity index (χ0n) is 31.0. The maximum Gasteiger partial charge on any atom is 0.0640 e. The van der Waals surface area contributed by atoms with Crippen LogP contribution < -0.4 is 4.90 Å². The second kappa shape index (κ2) is 14.1. The molecule has 1 nitrogen and oxygen atoms in total. The predicted octanol–water partition coefficient (Wildman–Crippen LogP) is 16.6. The van der Waals surface area contributed by atoms with Crippen molar-refractivity contribution in [3.8, 4) is 44.5 Å². The second-order valence-corrected chi connectivity index (χ2v) is 16.7. The molecule has 0 saturated heterocycles. The Morgan fingerprint density at radius 3 is 1.40 bits per heavy atom. The van der Waals surface area contributed by atoms with Gasteiger partial charge in [-0.2, -0.15) is 0 Å². The maximum absolute atomic E-state index is 2.47. The van der Waals surface area contributed by atoms with Crippen LogP contribution in [0.15, 0.2) is 212 Å². The van der Waals surface area contributed by atoms with Crippen LogP contribution in [0.25, 0.3) is 84.9 Å². The van der Waals surface area contributed by atoms with Crippen LogP contribution in [0.1, 0.15) is 0 Å². The van der Waals surface area contributed by atoms with E-state index in [1.165, 1.54) is 90.5 Å². The molecule has 2 heterocycles. The summed E-state index contributed by atoms with van der Waals surface area (Å²) in [7, 11) is 0. The minimum atomic E-state index is 1.11. The second-order valence-electron chi connectivity index (χ2n) is 14.5. The van der Waals surface area contributed by atoms with Gasteiger partial charge in [-0.15, -0.1) is 22.7 Å². The number of rotatable bonds is 7. The lowest BCUT2D eigenvalue weighted by molar-refractivity contribution is 1.30. The van der Waals surface area contributed by atoms with Gasteiger partial charge in [-0.25, -0.2) is 0 Å². The molecule has 0 spiro atoms. The molecular weight excluding hydrogens is 727 g/mol. The van der Waals surface area contributed by atoms with Gasteiger partial charge >= 0.3 is 0 Å². The molecule has 57 heavy (non-hydrogen) atoms. The molecule has 9 aromatic carbocycles. The van der Waals surface area contributed by atoms with Crippen LogP contribution in [-0.4, -0.2) is 0 Å². The molecular formula is C54H35NS2. The monoisotopic (exact) mass is 761 g/mol. The van der Waals surface area contributed by atoms with E-state index in [0.717, 1.165) is 11.4 Å². The maximum atomic E-state index is 2.47. The Hall–Kier alpha value is -6.78. The lowest BCUT2D eigenvalue weighted by atomic mass is 9.96. The summed E-state index contributed by atoms with van der Waals surface area (Å²) in [6.45, 7) is 0. The van der Waals surface area contributed by atoms with E-state index in [0.29, 0.717) is 0 Å². The van der Waals surface area contributed by atoms with Gasteiger partial charge in [-0.3, -0.25) is 0 Å². The summed E-state index contributed by atoms with van der Waals surface area (Å²) >= 11 is 3.74. The van der Waals surface area contributed by atoms with Gasteiger partial charge in [-0.1, -0.05) is 158 Å². The van der Waals surface area contributed by atoms with Crippen LogP contribution in [0, 0.1) is 0 Å². The topological polar surface area (TPSA) is 3.24 Å². The van der Waals surface area contributed by atoms with E-state index in [1.807, 2.05) is 22.7 Å². The summed E-state index contributed by atoms with van der Waals surface area (Å²) < 4.78 is 5.20. The molecule has 0 fully saturated rings. The Kier molecular flexibility index (Phi) is 8.28. The minimum Gasteiger partial charge on any atom is -0.309 e. The minimum absolute atomic E-state index is 1.11. The van der Waals surface area contributed by atoms with Crippen molar-refractivity contribution in [3.63, 3.8) is 0 Å². The number of hydrogen-bond acceptors (Lipinski definition) is 3. The summed E-state index contributed by atoms with van der Waals surface area (Å²) in [5.41, 5.74) is 13.0. The van der Waals surface area contributed by atoms with E-state index in [-0.39, 0.29) is 0 Å². The lowest BCUT2D eigenvalue weighted by Crippen LogP contribution is -2.10.